The number of ether oxygens (including phenoxy) is 1. The fourth-order valence-electron chi connectivity index (χ4n) is 3.21. The van der Waals surface area contributed by atoms with E-state index in [0.717, 1.165) is 38.6 Å². The van der Waals surface area contributed by atoms with Gasteiger partial charge in [-0.25, -0.2) is 8.42 Å². The molecule has 3 aromatic carbocycles. The Labute approximate surface area is 211 Å². The highest BCUT2D eigenvalue weighted by atomic mass is 79.9. The zero-order chi connectivity index (χ0) is 24.0. The Bertz CT molecular complexity index is 1200. The summed E-state index contributed by atoms with van der Waals surface area (Å²) in [5.74, 6) is 0.116. The van der Waals surface area contributed by atoms with Gasteiger partial charge in [-0.05, 0) is 84.6 Å². The zero-order valence-corrected chi connectivity index (χ0v) is 22.2. The maximum absolute atomic E-state index is 12.6. The van der Waals surface area contributed by atoms with E-state index in [0.29, 0.717) is 11.4 Å². The largest absolute Gasteiger partial charge is 0.484 e. The zero-order valence-electron chi connectivity index (χ0n) is 18.2. The van der Waals surface area contributed by atoms with Crippen molar-refractivity contribution < 1.29 is 17.9 Å². The van der Waals surface area contributed by atoms with Gasteiger partial charge in [-0.2, -0.15) is 0 Å². The number of halogens is 2. The molecule has 174 valence electrons. The first-order valence-corrected chi connectivity index (χ1v) is 13.4. The highest BCUT2D eigenvalue weighted by Crippen LogP contribution is 2.28. The van der Waals surface area contributed by atoms with Gasteiger partial charge in [0, 0.05) is 20.3 Å². The molecule has 0 heterocycles. The van der Waals surface area contributed by atoms with Crippen LogP contribution in [0, 0.1) is 0 Å². The summed E-state index contributed by atoms with van der Waals surface area (Å²) in [4.78, 5) is 12.6. The molecular weight excluding hydrogens is 572 g/mol. The molecule has 0 radical (unpaired) electrons. The van der Waals surface area contributed by atoms with E-state index >= 15 is 0 Å². The number of aryl methyl sites for hydroxylation is 2. The van der Waals surface area contributed by atoms with E-state index in [1.54, 1.807) is 24.3 Å². The van der Waals surface area contributed by atoms with E-state index in [-0.39, 0.29) is 17.4 Å². The van der Waals surface area contributed by atoms with E-state index in [9.17, 15) is 13.2 Å². The Kier molecular flexibility index (Phi) is 8.56. The van der Waals surface area contributed by atoms with Gasteiger partial charge in [0.15, 0.2) is 6.61 Å². The Morgan fingerprint density at radius 2 is 1.45 bits per heavy atom. The van der Waals surface area contributed by atoms with Gasteiger partial charge in [0.05, 0.1) is 4.90 Å². The van der Waals surface area contributed by atoms with Crippen LogP contribution >= 0.6 is 31.9 Å². The van der Waals surface area contributed by atoms with Crippen molar-refractivity contribution in [3.63, 3.8) is 0 Å². The van der Waals surface area contributed by atoms with Crippen molar-refractivity contribution >= 4 is 59.2 Å². The van der Waals surface area contributed by atoms with E-state index in [2.05, 4.69) is 41.9 Å². The average molecular weight is 596 g/mol. The first-order valence-electron chi connectivity index (χ1n) is 10.3. The normalized spacial score (nSPS) is 11.2. The first kappa shape index (κ1) is 25.3. The SMILES string of the molecule is CCc1cc(Br)cc(CC)c1NC(=O)COc1ccc(S(=O)(=O)Nc2ccc(Br)cc2)cc1. The van der Waals surface area contributed by atoms with Gasteiger partial charge < -0.3 is 10.1 Å². The van der Waals surface area contributed by atoms with Crippen molar-refractivity contribution in [3.05, 3.63) is 80.7 Å². The van der Waals surface area contributed by atoms with Crippen molar-refractivity contribution in [3.8, 4) is 5.75 Å². The molecule has 33 heavy (non-hydrogen) atoms. The highest BCUT2D eigenvalue weighted by molar-refractivity contribution is 9.10. The lowest BCUT2D eigenvalue weighted by Gasteiger charge is -2.16. The monoisotopic (exact) mass is 594 g/mol. The second-order valence-electron chi connectivity index (χ2n) is 7.23. The smallest absolute Gasteiger partial charge is 0.262 e. The molecule has 3 rings (SSSR count). The van der Waals surface area contributed by atoms with E-state index < -0.39 is 10.0 Å². The lowest BCUT2D eigenvalue weighted by Crippen LogP contribution is -2.22. The summed E-state index contributed by atoms with van der Waals surface area (Å²) < 4.78 is 35.1. The van der Waals surface area contributed by atoms with E-state index in [1.165, 1.54) is 24.3 Å². The lowest BCUT2D eigenvalue weighted by molar-refractivity contribution is -0.118. The highest BCUT2D eigenvalue weighted by Gasteiger charge is 2.15. The maximum atomic E-state index is 12.6. The van der Waals surface area contributed by atoms with Gasteiger partial charge in [-0.1, -0.05) is 45.7 Å². The molecule has 0 bridgehead atoms. The van der Waals surface area contributed by atoms with Crippen molar-refractivity contribution in [2.75, 3.05) is 16.6 Å². The van der Waals surface area contributed by atoms with Gasteiger partial charge in [-0.15, -0.1) is 0 Å². The van der Waals surface area contributed by atoms with Crippen LogP contribution in [-0.2, 0) is 27.7 Å². The van der Waals surface area contributed by atoms with Gasteiger partial charge >= 0.3 is 0 Å². The molecule has 0 aliphatic heterocycles. The molecule has 0 saturated heterocycles. The van der Waals surface area contributed by atoms with Crippen LogP contribution in [0.3, 0.4) is 0 Å². The van der Waals surface area contributed by atoms with Crippen LogP contribution in [0.1, 0.15) is 25.0 Å². The number of sulfonamides is 1. The van der Waals surface area contributed by atoms with Crippen LogP contribution in [0.5, 0.6) is 5.75 Å². The topological polar surface area (TPSA) is 84.5 Å². The number of hydrogen-bond donors (Lipinski definition) is 2. The standard InChI is InChI=1S/C24H24Br2N2O4S/c1-3-16-13-19(26)14-17(4-2)24(16)27-23(29)15-32-21-9-11-22(12-10-21)33(30,31)28-20-7-5-18(25)6-8-20/h5-14,28H,3-4,15H2,1-2H3,(H,27,29). The number of nitrogens with one attached hydrogen (secondary N) is 2. The maximum Gasteiger partial charge on any atom is 0.262 e. The van der Waals surface area contributed by atoms with Crippen molar-refractivity contribution in [2.45, 2.75) is 31.6 Å². The summed E-state index contributed by atoms with van der Waals surface area (Å²) >= 11 is 6.83. The minimum Gasteiger partial charge on any atom is -0.484 e. The third-order valence-corrected chi connectivity index (χ3v) is 7.28. The predicted molar refractivity (Wildman–Crippen MR) is 138 cm³/mol. The Balaban J connectivity index is 1.63. The Morgan fingerprint density at radius 1 is 0.879 bits per heavy atom. The van der Waals surface area contributed by atoms with E-state index in [4.69, 9.17) is 4.74 Å². The third-order valence-electron chi connectivity index (χ3n) is 4.89. The van der Waals surface area contributed by atoms with Gasteiger partial charge in [0.2, 0.25) is 0 Å². The van der Waals surface area contributed by atoms with Crippen LogP contribution in [0.15, 0.2) is 74.5 Å². The van der Waals surface area contributed by atoms with Crippen LogP contribution in [0.4, 0.5) is 11.4 Å². The predicted octanol–water partition coefficient (Wildman–Crippen LogP) is 6.15. The number of anilines is 2. The molecule has 1 amide bonds. The average Bonchev–Trinajstić information content (AvgIpc) is 2.80. The Hall–Kier alpha value is -2.36. The number of hydrogen-bond acceptors (Lipinski definition) is 4. The molecule has 3 aromatic rings. The molecule has 0 fully saturated rings. The van der Waals surface area contributed by atoms with Crippen molar-refractivity contribution in [1.82, 2.24) is 0 Å². The van der Waals surface area contributed by atoms with Crippen LogP contribution in [0.2, 0.25) is 0 Å². The summed E-state index contributed by atoms with van der Waals surface area (Å²) in [6.45, 7) is 3.88. The van der Waals surface area contributed by atoms with Crippen molar-refractivity contribution in [1.29, 1.82) is 0 Å². The van der Waals surface area contributed by atoms with Gasteiger partial charge in [0.25, 0.3) is 15.9 Å². The second kappa shape index (κ2) is 11.2. The second-order valence-corrected chi connectivity index (χ2v) is 10.7. The number of amides is 1. The molecule has 2 N–H and O–H groups in total. The quantitative estimate of drug-likeness (QED) is 0.310. The molecule has 9 heteroatoms. The molecule has 0 aliphatic carbocycles. The van der Waals surface area contributed by atoms with Crippen molar-refractivity contribution in [2.24, 2.45) is 0 Å². The minimum absolute atomic E-state index is 0.0947. The molecule has 0 aromatic heterocycles. The van der Waals surface area contributed by atoms with Crippen LogP contribution in [-0.4, -0.2) is 20.9 Å². The van der Waals surface area contributed by atoms with Gasteiger partial charge in [-0.3, -0.25) is 9.52 Å². The minimum atomic E-state index is -3.74. The summed E-state index contributed by atoms with van der Waals surface area (Å²) in [5.41, 5.74) is 3.36. The molecule has 6 nitrogen and oxygen atoms in total. The number of carbonyl (C=O) groups is 1. The van der Waals surface area contributed by atoms with Crippen LogP contribution < -0.4 is 14.8 Å². The van der Waals surface area contributed by atoms with E-state index in [1.807, 2.05) is 26.0 Å². The first-order chi connectivity index (χ1) is 15.7. The summed E-state index contributed by atoms with van der Waals surface area (Å²) in [7, 11) is -3.74. The number of benzene rings is 3. The molecule has 0 spiro atoms. The summed E-state index contributed by atoms with van der Waals surface area (Å²) in [6.07, 6.45) is 1.57. The third kappa shape index (κ3) is 6.82. The fraction of sp³-hybridized carbons (Fsp3) is 0.208. The number of carbonyl (C=O) groups excluding carboxylic acids is 1. The fourth-order valence-corrected chi connectivity index (χ4v) is 5.09. The Morgan fingerprint density at radius 3 is 2.00 bits per heavy atom. The molecule has 0 aliphatic rings. The number of rotatable bonds is 9. The summed E-state index contributed by atoms with van der Waals surface area (Å²) in [6, 6.07) is 16.8. The molecule has 0 unspecified atom stereocenters. The van der Waals surface area contributed by atoms with Crippen LogP contribution in [0.25, 0.3) is 0 Å². The van der Waals surface area contributed by atoms with Gasteiger partial charge in [0.1, 0.15) is 5.75 Å². The lowest BCUT2D eigenvalue weighted by atomic mass is 10.0. The molecule has 0 atom stereocenters. The molecule has 0 saturated carbocycles. The molecular formula is C24H24Br2N2O4S. The summed E-state index contributed by atoms with van der Waals surface area (Å²) in [5, 5.41) is 2.95.